The van der Waals surface area contributed by atoms with Crippen LogP contribution in [0.4, 0.5) is 0 Å². The second-order valence-corrected chi connectivity index (χ2v) is 19.1. The zero-order valence-corrected chi connectivity index (χ0v) is 47.1. The number of hydrogen-bond donors (Lipinski definition) is 0. The zero-order chi connectivity index (χ0) is 52.9. The normalized spacial score (nSPS) is 13.1. The Labute approximate surface area is 449 Å². The summed E-state index contributed by atoms with van der Waals surface area (Å²) in [7, 11) is 0. The molecule has 0 N–H and O–H groups in total. The maximum atomic E-state index is 12.9. The minimum Gasteiger partial charge on any atom is -0.462 e. The van der Waals surface area contributed by atoms with Gasteiger partial charge in [-0.25, -0.2) is 0 Å². The molecule has 1 unspecified atom stereocenters. The lowest BCUT2D eigenvalue weighted by Gasteiger charge is -2.18. The van der Waals surface area contributed by atoms with Crippen molar-refractivity contribution in [3.05, 3.63) is 134 Å². The van der Waals surface area contributed by atoms with Crippen LogP contribution < -0.4 is 0 Å². The van der Waals surface area contributed by atoms with Gasteiger partial charge >= 0.3 is 17.9 Å². The predicted molar refractivity (Wildman–Crippen MR) is 316 cm³/mol. The third kappa shape index (κ3) is 58.3. The molecule has 0 bridgehead atoms. The number of carbonyl (C=O) groups is 3. The Morgan fingerprint density at radius 2 is 0.534 bits per heavy atom. The molecular weight excluding hydrogens is 901 g/mol. The lowest BCUT2D eigenvalue weighted by atomic mass is 10.1. The summed E-state index contributed by atoms with van der Waals surface area (Å²) in [5, 5.41) is 0. The summed E-state index contributed by atoms with van der Waals surface area (Å²) in [4.78, 5) is 38.2. The molecule has 73 heavy (non-hydrogen) atoms. The molecule has 0 rings (SSSR count). The maximum absolute atomic E-state index is 12.9. The van der Waals surface area contributed by atoms with Gasteiger partial charge in [-0.1, -0.05) is 231 Å². The first-order chi connectivity index (χ1) is 36.0. The number of carbonyl (C=O) groups excluding carboxylic acids is 3. The Morgan fingerprint density at radius 3 is 0.849 bits per heavy atom. The first-order valence-electron chi connectivity index (χ1n) is 29.7. The van der Waals surface area contributed by atoms with Crippen molar-refractivity contribution in [3.63, 3.8) is 0 Å². The van der Waals surface area contributed by atoms with Gasteiger partial charge in [0.1, 0.15) is 13.2 Å². The van der Waals surface area contributed by atoms with Crippen molar-refractivity contribution < 1.29 is 28.6 Å². The summed E-state index contributed by atoms with van der Waals surface area (Å²) in [5.74, 6) is -0.967. The van der Waals surface area contributed by atoms with E-state index in [0.717, 1.165) is 141 Å². The van der Waals surface area contributed by atoms with Gasteiger partial charge in [-0.3, -0.25) is 14.4 Å². The Hall–Kier alpha value is -4.45. The molecule has 1 atom stereocenters. The van der Waals surface area contributed by atoms with E-state index in [0.29, 0.717) is 19.3 Å². The molecule has 0 aliphatic heterocycles. The molecule has 6 heteroatoms. The van der Waals surface area contributed by atoms with Gasteiger partial charge in [-0.05, 0) is 135 Å². The van der Waals surface area contributed by atoms with Gasteiger partial charge in [0.25, 0.3) is 0 Å². The first-order valence-corrected chi connectivity index (χ1v) is 29.7. The van der Waals surface area contributed by atoms with Gasteiger partial charge < -0.3 is 14.2 Å². The number of rotatable bonds is 52. The van der Waals surface area contributed by atoms with E-state index in [1.54, 1.807) is 0 Å². The van der Waals surface area contributed by atoms with Crippen LogP contribution in [0.15, 0.2) is 134 Å². The van der Waals surface area contributed by atoms with E-state index in [2.05, 4.69) is 154 Å². The lowest BCUT2D eigenvalue weighted by Crippen LogP contribution is -2.30. The second-order valence-electron chi connectivity index (χ2n) is 19.1. The van der Waals surface area contributed by atoms with Crippen LogP contribution in [0.1, 0.15) is 252 Å². The molecule has 0 fully saturated rings. The molecule has 0 aromatic rings. The summed E-state index contributed by atoms with van der Waals surface area (Å²) < 4.78 is 16.9. The molecule has 0 radical (unpaired) electrons. The second kappa shape index (κ2) is 60.1. The number of unbranched alkanes of at least 4 members (excludes halogenated alkanes) is 19. The van der Waals surface area contributed by atoms with Crippen LogP contribution in [0, 0.1) is 0 Å². The van der Waals surface area contributed by atoms with Gasteiger partial charge in [0.15, 0.2) is 6.10 Å². The minimum atomic E-state index is -0.811. The van der Waals surface area contributed by atoms with Crippen LogP contribution in [-0.4, -0.2) is 37.2 Å². The molecular formula is C67H108O6. The molecule has 0 spiro atoms. The van der Waals surface area contributed by atoms with Crippen LogP contribution in [-0.2, 0) is 28.6 Å². The van der Waals surface area contributed by atoms with Crippen LogP contribution in [0.2, 0.25) is 0 Å². The average Bonchev–Trinajstić information content (AvgIpc) is 3.39. The highest BCUT2D eigenvalue weighted by molar-refractivity contribution is 5.71. The highest BCUT2D eigenvalue weighted by Gasteiger charge is 2.19. The molecule has 0 aromatic carbocycles. The predicted octanol–water partition coefficient (Wildman–Crippen LogP) is 20.2. The highest BCUT2D eigenvalue weighted by Crippen LogP contribution is 2.14. The Bertz CT molecular complexity index is 1580. The summed E-state index contributed by atoms with van der Waals surface area (Å²) in [6.07, 6.45) is 84.4. The third-order valence-corrected chi connectivity index (χ3v) is 12.1. The van der Waals surface area contributed by atoms with Gasteiger partial charge in [-0.15, -0.1) is 0 Å². The van der Waals surface area contributed by atoms with Crippen molar-refractivity contribution in [2.24, 2.45) is 0 Å². The van der Waals surface area contributed by atoms with Gasteiger partial charge in [0.05, 0.1) is 0 Å². The van der Waals surface area contributed by atoms with Gasteiger partial charge in [-0.2, -0.15) is 0 Å². The topological polar surface area (TPSA) is 78.9 Å². The van der Waals surface area contributed by atoms with Crippen LogP contribution >= 0.6 is 0 Å². The maximum Gasteiger partial charge on any atom is 0.306 e. The molecule has 0 aromatic heterocycles. The van der Waals surface area contributed by atoms with E-state index in [4.69, 9.17) is 14.2 Å². The van der Waals surface area contributed by atoms with Crippen LogP contribution in [0.25, 0.3) is 0 Å². The molecule has 0 heterocycles. The summed E-state index contributed by atoms with van der Waals surface area (Å²) in [5.41, 5.74) is 0. The molecule has 0 saturated carbocycles. The van der Waals surface area contributed by atoms with Crippen molar-refractivity contribution in [1.29, 1.82) is 0 Å². The third-order valence-electron chi connectivity index (χ3n) is 12.1. The summed E-state index contributed by atoms with van der Waals surface area (Å²) in [6.45, 7) is 6.34. The minimum absolute atomic E-state index is 0.107. The van der Waals surface area contributed by atoms with E-state index >= 15 is 0 Å². The van der Waals surface area contributed by atoms with E-state index in [9.17, 15) is 14.4 Å². The number of hydrogen-bond acceptors (Lipinski definition) is 6. The zero-order valence-electron chi connectivity index (χ0n) is 47.1. The van der Waals surface area contributed by atoms with Gasteiger partial charge in [0.2, 0.25) is 0 Å². The molecule has 0 aliphatic rings. The first kappa shape index (κ1) is 68.6. The Balaban J connectivity index is 4.52. The molecule has 412 valence electrons. The van der Waals surface area contributed by atoms with Crippen molar-refractivity contribution in [2.75, 3.05) is 13.2 Å². The fourth-order valence-corrected chi connectivity index (χ4v) is 7.72. The Kier molecular flexibility index (Phi) is 56.4. The van der Waals surface area contributed by atoms with Crippen LogP contribution in [0.3, 0.4) is 0 Å². The summed E-state index contributed by atoms with van der Waals surface area (Å²) >= 11 is 0. The van der Waals surface area contributed by atoms with Crippen LogP contribution in [0.5, 0.6) is 0 Å². The number of ether oxygens (including phenoxy) is 3. The smallest absolute Gasteiger partial charge is 0.306 e. The average molecular weight is 1010 g/mol. The van der Waals surface area contributed by atoms with Crippen molar-refractivity contribution in [3.8, 4) is 0 Å². The number of esters is 3. The SMILES string of the molecule is CC/C=C\C/C=C\C/C=C\C/C=C\C/C=C\CCCCCC(=O)OCC(COC(=O)CCCCCC/C=C\C/C=C\C/C=C\C/C=C\CC)OC(=O)CCCCCCCCCCC/C=C\C/C=C\CCCCC. The molecule has 6 nitrogen and oxygen atoms in total. The monoisotopic (exact) mass is 1010 g/mol. The standard InChI is InChI=1S/C67H108O6/c1-4-7-10-13-16-19-22-25-28-31-33-36-39-42-45-48-51-54-57-60-66(69)72-63-64(62-71-65(68)59-56-53-50-47-44-41-38-35-30-27-24-21-18-15-12-9-6-3)73-67(70)61-58-55-52-49-46-43-40-37-34-32-29-26-23-20-17-14-11-8-5-2/h7,9-10,12,16-21,25-30,33,36,38,41-42,45,64H,4-6,8,11,13-15,22-24,31-32,34-35,37,39-40,43-44,46-63H2,1-3H3/b10-7-,12-9-,19-16-,20-17-,21-18-,28-25-,29-26-,30-27-,36-33-,41-38-,45-42-. The van der Waals surface area contributed by atoms with Crippen molar-refractivity contribution in [2.45, 2.75) is 258 Å². The highest BCUT2D eigenvalue weighted by atomic mass is 16.6. The van der Waals surface area contributed by atoms with Crippen molar-refractivity contribution in [1.82, 2.24) is 0 Å². The lowest BCUT2D eigenvalue weighted by molar-refractivity contribution is -0.167. The van der Waals surface area contributed by atoms with E-state index < -0.39 is 6.10 Å². The Morgan fingerprint density at radius 1 is 0.288 bits per heavy atom. The molecule has 0 saturated heterocycles. The fourth-order valence-electron chi connectivity index (χ4n) is 7.72. The molecule has 0 amide bonds. The molecule has 0 aliphatic carbocycles. The number of allylic oxidation sites excluding steroid dienone is 22. The van der Waals surface area contributed by atoms with E-state index in [1.165, 1.54) is 70.6 Å². The van der Waals surface area contributed by atoms with E-state index in [-0.39, 0.29) is 31.1 Å². The van der Waals surface area contributed by atoms with E-state index in [1.807, 2.05) is 0 Å². The van der Waals surface area contributed by atoms with Gasteiger partial charge in [0, 0.05) is 19.3 Å². The van der Waals surface area contributed by atoms with Crippen molar-refractivity contribution >= 4 is 17.9 Å². The fraction of sp³-hybridized carbons (Fsp3) is 0.627. The quantitative estimate of drug-likeness (QED) is 0.0261. The summed E-state index contributed by atoms with van der Waals surface area (Å²) in [6, 6.07) is 0. The largest absolute Gasteiger partial charge is 0.462 e.